The monoisotopic (exact) mass is 464 g/mol. The van der Waals surface area contributed by atoms with Crippen LogP contribution in [0.1, 0.15) is 24.8 Å². The summed E-state index contributed by atoms with van der Waals surface area (Å²) in [4.78, 5) is 30.2. The van der Waals surface area contributed by atoms with E-state index in [1.54, 1.807) is 4.90 Å². The Hall–Kier alpha value is -3.30. The van der Waals surface area contributed by atoms with E-state index in [2.05, 4.69) is 15.6 Å². The van der Waals surface area contributed by atoms with Gasteiger partial charge < -0.3 is 20.3 Å². The number of benzene rings is 1. The van der Waals surface area contributed by atoms with Crippen molar-refractivity contribution < 1.29 is 27.5 Å². The second-order valence-corrected chi connectivity index (χ2v) is 7.71. The molecule has 0 spiro atoms. The highest BCUT2D eigenvalue weighted by Gasteiger charge is 2.30. The van der Waals surface area contributed by atoms with Crippen molar-refractivity contribution >= 4 is 17.6 Å². The minimum absolute atomic E-state index is 0.0121. The molecule has 0 radical (unpaired) electrons. The van der Waals surface area contributed by atoms with Gasteiger partial charge in [0.2, 0.25) is 11.8 Å². The summed E-state index contributed by atoms with van der Waals surface area (Å²) < 4.78 is 43.2. The molecular weight excluding hydrogens is 437 g/mol. The molecule has 10 heteroatoms. The lowest BCUT2D eigenvalue weighted by atomic mass is 9.95. The molecule has 0 aliphatic carbocycles. The number of likely N-dealkylation sites (tertiary alicyclic amines) is 1. The Morgan fingerprint density at radius 3 is 2.42 bits per heavy atom. The van der Waals surface area contributed by atoms with Crippen LogP contribution >= 0.6 is 0 Å². The maximum atomic E-state index is 12.5. The average Bonchev–Trinajstić information content (AvgIpc) is 2.82. The molecule has 0 bridgehead atoms. The number of alkyl halides is 3. The first kappa shape index (κ1) is 24.3. The van der Waals surface area contributed by atoms with E-state index in [1.807, 2.05) is 30.3 Å². The maximum absolute atomic E-state index is 12.5. The number of rotatable bonds is 9. The molecule has 0 saturated carbocycles. The van der Waals surface area contributed by atoms with Crippen LogP contribution in [0.5, 0.6) is 5.75 Å². The molecular formula is C23H27F3N4O3. The Balaban J connectivity index is 1.29. The Labute approximate surface area is 190 Å². The van der Waals surface area contributed by atoms with Crippen LogP contribution in [0.3, 0.4) is 0 Å². The van der Waals surface area contributed by atoms with Crippen molar-refractivity contribution in [1.82, 2.24) is 15.2 Å². The van der Waals surface area contributed by atoms with Gasteiger partial charge in [-0.05, 0) is 37.1 Å². The molecule has 2 heterocycles. The molecule has 0 unspecified atom stereocenters. The van der Waals surface area contributed by atoms with Gasteiger partial charge in [-0.3, -0.25) is 9.59 Å². The first-order valence-electron chi connectivity index (χ1n) is 10.8. The van der Waals surface area contributed by atoms with Crippen molar-refractivity contribution in [2.24, 2.45) is 5.92 Å². The number of nitrogens with zero attached hydrogens (tertiary/aromatic N) is 2. The fourth-order valence-corrected chi connectivity index (χ4v) is 3.51. The van der Waals surface area contributed by atoms with Gasteiger partial charge in [0.05, 0.1) is 18.6 Å². The van der Waals surface area contributed by atoms with Crippen LogP contribution in [0.2, 0.25) is 0 Å². The molecule has 1 aromatic carbocycles. The summed E-state index contributed by atoms with van der Waals surface area (Å²) in [7, 11) is 0. The van der Waals surface area contributed by atoms with E-state index < -0.39 is 11.7 Å². The topological polar surface area (TPSA) is 83.6 Å². The molecule has 3 rings (SSSR count). The van der Waals surface area contributed by atoms with Crippen molar-refractivity contribution in [3.63, 3.8) is 0 Å². The summed E-state index contributed by atoms with van der Waals surface area (Å²) in [6, 6.07) is 11.5. The predicted octanol–water partition coefficient (Wildman–Crippen LogP) is 3.34. The number of carbonyl (C=O) groups is 2. The number of amides is 2. The number of para-hydroxylation sites is 1. The summed E-state index contributed by atoms with van der Waals surface area (Å²) in [5, 5.41) is 5.70. The van der Waals surface area contributed by atoms with Crippen LogP contribution in [0.25, 0.3) is 0 Å². The highest BCUT2D eigenvalue weighted by atomic mass is 19.4. The number of halogens is 3. The molecule has 1 aliphatic rings. The van der Waals surface area contributed by atoms with E-state index in [1.165, 1.54) is 6.07 Å². The first-order valence-corrected chi connectivity index (χ1v) is 10.8. The molecule has 178 valence electrons. The summed E-state index contributed by atoms with van der Waals surface area (Å²) >= 11 is 0. The summed E-state index contributed by atoms with van der Waals surface area (Å²) in [5.41, 5.74) is -0.810. The Kier molecular flexibility index (Phi) is 8.51. The van der Waals surface area contributed by atoms with Crippen LogP contribution in [0.15, 0.2) is 48.7 Å². The normalized spacial score (nSPS) is 14.6. The first-order chi connectivity index (χ1) is 15.8. The van der Waals surface area contributed by atoms with Gasteiger partial charge in [0, 0.05) is 38.3 Å². The SMILES string of the molecule is O=C(NCCNc1ccc(C(F)(F)F)cn1)C1CCN(C(=O)CCOc2ccccc2)CC1. The number of piperidine rings is 1. The highest BCUT2D eigenvalue weighted by molar-refractivity contribution is 5.80. The molecule has 1 fully saturated rings. The summed E-state index contributed by atoms with van der Waals surface area (Å²) in [6.07, 6.45) is -2.19. The number of nitrogens with one attached hydrogen (secondary N) is 2. The molecule has 1 aromatic heterocycles. The molecule has 1 saturated heterocycles. The lowest BCUT2D eigenvalue weighted by Crippen LogP contribution is -2.44. The maximum Gasteiger partial charge on any atom is 0.417 e. The standard InChI is InChI=1S/C23H27F3N4O3/c24-23(25,26)18-6-7-20(29-16-18)27-11-12-28-22(32)17-8-13-30(14-9-17)21(31)10-15-33-19-4-2-1-3-5-19/h1-7,16-17H,8-15H2,(H,27,29)(H,28,32). The molecule has 2 aromatic rings. The van der Waals surface area contributed by atoms with E-state index in [4.69, 9.17) is 4.74 Å². The number of hydrogen-bond donors (Lipinski definition) is 2. The van der Waals surface area contributed by atoms with Crippen molar-refractivity contribution in [2.75, 3.05) is 38.1 Å². The van der Waals surface area contributed by atoms with Gasteiger partial charge >= 0.3 is 6.18 Å². The average molecular weight is 464 g/mol. The quantitative estimate of drug-likeness (QED) is 0.557. The van der Waals surface area contributed by atoms with E-state index >= 15 is 0 Å². The number of carbonyl (C=O) groups excluding carboxylic acids is 2. The second-order valence-electron chi connectivity index (χ2n) is 7.71. The van der Waals surface area contributed by atoms with Gasteiger partial charge in [-0.2, -0.15) is 13.2 Å². The predicted molar refractivity (Wildman–Crippen MR) is 117 cm³/mol. The third-order valence-corrected chi connectivity index (χ3v) is 5.37. The number of ether oxygens (including phenoxy) is 1. The van der Waals surface area contributed by atoms with Crippen molar-refractivity contribution in [1.29, 1.82) is 0 Å². The zero-order chi connectivity index (χ0) is 23.7. The molecule has 7 nitrogen and oxygen atoms in total. The number of hydrogen-bond acceptors (Lipinski definition) is 5. The molecule has 1 aliphatic heterocycles. The minimum atomic E-state index is -4.42. The van der Waals surface area contributed by atoms with Crippen LogP contribution < -0.4 is 15.4 Å². The lowest BCUT2D eigenvalue weighted by molar-refractivity contribution is -0.137. The molecule has 33 heavy (non-hydrogen) atoms. The molecule has 2 N–H and O–H groups in total. The van der Waals surface area contributed by atoms with Crippen molar-refractivity contribution in [3.05, 3.63) is 54.2 Å². The third-order valence-electron chi connectivity index (χ3n) is 5.37. The Morgan fingerprint density at radius 2 is 1.79 bits per heavy atom. The van der Waals surface area contributed by atoms with Gasteiger partial charge in [-0.25, -0.2) is 4.98 Å². The highest BCUT2D eigenvalue weighted by Crippen LogP contribution is 2.28. The largest absolute Gasteiger partial charge is 0.493 e. The van der Waals surface area contributed by atoms with Gasteiger partial charge in [0.25, 0.3) is 0 Å². The van der Waals surface area contributed by atoms with Gasteiger partial charge in [0.15, 0.2) is 0 Å². The smallest absolute Gasteiger partial charge is 0.417 e. The van der Waals surface area contributed by atoms with E-state index in [0.29, 0.717) is 51.4 Å². The fraction of sp³-hybridized carbons (Fsp3) is 0.435. The molecule has 2 amide bonds. The lowest BCUT2D eigenvalue weighted by Gasteiger charge is -2.31. The van der Waals surface area contributed by atoms with E-state index in [9.17, 15) is 22.8 Å². The summed E-state index contributed by atoms with van der Waals surface area (Å²) in [6.45, 7) is 2.01. The van der Waals surface area contributed by atoms with Gasteiger partial charge in [-0.1, -0.05) is 18.2 Å². The van der Waals surface area contributed by atoms with Gasteiger partial charge in [-0.15, -0.1) is 0 Å². The number of anilines is 1. The minimum Gasteiger partial charge on any atom is -0.493 e. The van der Waals surface area contributed by atoms with E-state index in [0.717, 1.165) is 18.0 Å². The van der Waals surface area contributed by atoms with Crippen molar-refractivity contribution in [3.8, 4) is 5.75 Å². The number of aromatic nitrogens is 1. The van der Waals surface area contributed by atoms with Crippen LogP contribution in [-0.4, -0.2) is 54.5 Å². The van der Waals surface area contributed by atoms with Gasteiger partial charge in [0.1, 0.15) is 11.6 Å². The Bertz CT molecular complexity index is 899. The van der Waals surface area contributed by atoms with E-state index in [-0.39, 0.29) is 24.2 Å². The molecule has 0 atom stereocenters. The van der Waals surface area contributed by atoms with Crippen molar-refractivity contribution in [2.45, 2.75) is 25.4 Å². The van der Waals surface area contributed by atoms with Crippen LogP contribution in [0.4, 0.5) is 19.0 Å². The zero-order valence-corrected chi connectivity index (χ0v) is 18.1. The Morgan fingerprint density at radius 1 is 1.06 bits per heavy atom. The second kappa shape index (κ2) is 11.5. The third kappa shape index (κ3) is 7.65. The fourth-order valence-electron chi connectivity index (χ4n) is 3.51. The summed E-state index contributed by atoms with van der Waals surface area (Å²) in [5.74, 6) is 0.790. The number of pyridine rings is 1. The van der Waals surface area contributed by atoms with Crippen LogP contribution in [-0.2, 0) is 15.8 Å². The van der Waals surface area contributed by atoms with Crippen LogP contribution in [0, 0.1) is 5.92 Å². The zero-order valence-electron chi connectivity index (χ0n) is 18.1.